The van der Waals surface area contributed by atoms with Crippen LogP contribution in [0, 0.1) is 23.2 Å². The highest BCUT2D eigenvalue weighted by molar-refractivity contribution is 5.92. The molecule has 0 aliphatic carbocycles. The fourth-order valence-electron chi connectivity index (χ4n) is 0.819. The van der Waals surface area contributed by atoms with Crippen molar-refractivity contribution in [2.24, 2.45) is 5.73 Å². The summed E-state index contributed by atoms with van der Waals surface area (Å²) in [7, 11) is 0. The molecule has 1 rings (SSSR count). The molecule has 0 aliphatic rings. The summed E-state index contributed by atoms with van der Waals surface area (Å²) in [5, 5.41) is 8.65. The molecule has 0 fully saturated rings. The number of hydrogen-bond acceptors (Lipinski definition) is 2. The first-order valence-electron chi connectivity index (χ1n) is 3.54. The molecule has 2 N–H and O–H groups in total. The normalized spacial score (nSPS) is 7.92. The van der Waals surface area contributed by atoms with Crippen molar-refractivity contribution in [2.75, 3.05) is 0 Å². The molecule has 1 aromatic rings. The number of carbonyl (C=O) groups is 1. The van der Waals surface area contributed by atoms with Crippen LogP contribution in [0.1, 0.15) is 11.1 Å². The Bertz CT molecular complexity index is 432. The number of rotatable bonds is 0. The average Bonchev–Trinajstić information content (AvgIpc) is 2.15. The van der Waals surface area contributed by atoms with Gasteiger partial charge in [-0.25, -0.2) is 0 Å². The van der Waals surface area contributed by atoms with E-state index >= 15 is 0 Å². The van der Waals surface area contributed by atoms with E-state index in [9.17, 15) is 4.79 Å². The van der Waals surface area contributed by atoms with Crippen LogP contribution >= 0.6 is 0 Å². The third-order valence-electron chi connectivity index (χ3n) is 1.37. The summed E-state index contributed by atoms with van der Waals surface area (Å²) in [4.78, 5) is 10.3. The van der Waals surface area contributed by atoms with Gasteiger partial charge in [-0.15, -0.1) is 0 Å². The Labute approximate surface area is 75.8 Å². The van der Waals surface area contributed by atoms with E-state index in [4.69, 9.17) is 11.0 Å². The van der Waals surface area contributed by atoms with E-state index in [1.807, 2.05) is 6.07 Å². The van der Waals surface area contributed by atoms with Crippen molar-refractivity contribution in [1.29, 1.82) is 5.26 Å². The third-order valence-corrected chi connectivity index (χ3v) is 1.37. The SMILES string of the molecule is N#Cc1ccccc1C#CC(N)=O. The maximum absolute atomic E-state index is 10.3. The van der Waals surface area contributed by atoms with Crippen LogP contribution in [-0.4, -0.2) is 5.91 Å². The summed E-state index contributed by atoms with van der Waals surface area (Å²) >= 11 is 0. The van der Waals surface area contributed by atoms with E-state index in [1.165, 1.54) is 0 Å². The lowest BCUT2D eigenvalue weighted by Gasteiger charge is -1.91. The fourth-order valence-corrected chi connectivity index (χ4v) is 0.819. The van der Waals surface area contributed by atoms with Crippen LogP contribution < -0.4 is 5.73 Å². The summed E-state index contributed by atoms with van der Waals surface area (Å²) < 4.78 is 0. The smallest absolute Gasteiger partial charge is 0.293 e. The molecule has 0 atom stereocenters. The molecule has 0 unspecified atom stereocenters. The molecule has 0 radical (unpaired) electrons. The van der Waals surface area contributed by atoms with E-state index in [0.29, 0.717) is 11.1 Å². The van der Waals surface area contributed by atoms with Crippen LogP contribution in [-0.2, 0) is 4.79 Å². The Morgan fingerprint density at radius 3 is 2.46 bits per heavy atom. The first-order valence-corrected chi connectivity index (χ1v) is 3.54. The minimum absolute atomic E-state index is 0.441. The highest BCUT2D eigenvalue weighted by Gasteiger charge is 1.95. The lowest BCUT2D eigenvalue weighted by Crippen LogP contribution is -2.06. The van der Waals surface area contributed by atoms with E-state index in [2.05, 4.69) is 11.8 Å². The summed E-state index contributed by atoms with van der Waals surface area (Å²) in [5.74, 6) is 3.99. The van der Waals surface area contributed by atoms with Gasteiger partial charge in [0.05, 0.1) is 5.56 Å². The summed E-state index contributed by atoms with van der Waals surface area (Å²) in [5.41, 5.74) is 5.79. The van der Waals surface area contributed by atoms with E-state index in [0.717, 1.165) is 0 Å². The van der Waals surface area contributed by atoms with Crippen LogP contribution in [0.3, 0.4) is 0 Å². The summed E-state index contributed by atoms with van der Waals surface area (Å²) in [6.07, 6.45) is 0. The topological polar surface area (TPSA) is 66.9 Å². The molecule has 0 saturated heterocycles. The second-order valence-corrected chi connectivity index (χ2v) is 2.27. The zero-order valence-electron chi connectivity index (χ0n) is 6.74. The molecule has 13 heavy (non-hydrogen) atoms. The number of hydrogen-bond donors (Lipinski definition) is 1. The Hall–Kier alpha value is -2.26. The first-order chi connectivity index (χ1) is 6.24. The Morgan fingerprint density at radius 1 is 1.31 bits per heavy atom. The number of nitrogens with two attached hydrogens (primary N) is 1. The molecule has 0 bridgehead atoms. The molecule has 0 aliphatic heterocycles. The van der Waals surface area contributed by atoms with Gasteiger partial charge in [-0.2, -0.15) is 5.26 Å². The van der Waals surface area contributed by atoms with Crippen molar-refractivity contribution >= 4 is 5.91 Å². The van der Waals surface area contributed by atoms with Crippen LogP contribution in [0.2, 0.25) is 0 Å². The predicted molar refractivity (Wildman–Crippen MR) is 47.2 cm³/mol. The van der Waals surface area contributed by atoms with Gasteiger partial charge in [-0.3, -0.25) is 4.79 Å². The predicted octanol–water partition coefficient (Wildman–Crippen LogP) is 0.395. The zero-order chi connectivity index (χ0) is 9.68. The first kappa shape index (κ1) is 8.83. The van der Waals surface area contributed by atoms with Crippen LogP contribution in [0.25, 0.3) is 0 Å². The Kier molecular flexibility index (Phi) is 2.68. The number of primary amides is 1. The maximum atomic E-state index is 10.3. The van der Waals surface area contributed by atoms with Gasteiger partial charge in [0.15, 0.2) is 0 Å². The van der Waals surface area contributed by atoms with Gasteiger partial charge in [-0.1, -0.05) is 18.1 Å². The van der Waals surface area contributed by atoms with Crippen molar-refractivity contribution in [3.8, 4) is 17.9 Å². The lowest BCUT2D eigenvalue weighted by atomic mass is 10.1. The van der Waals surface area contributed by atoms with Crippen molar-refractivity contribution in [2.45, 2.75) is 0 Å². The lowest BCUT2D eigenvalue weighted by molar-refractivity contribution is -0.112. The van der Waals surface area contributed by atoms with E-state index in [-0.39, 0.29) is 0 Å². The van der Waals surface area contributed by atoms with Crippen molar-refractivity contribution in [3.05, 3.63) is 35.4 Å². The molecule has 0 heterocycles. The molecule has 3 nitrogen and oxygen atoms in total. The van der Waals surface area contributed by atoms with Gasteiger partial charge in [0.25, 0.3) is 5.91 Å². The molecular formula is C10H6N2O. The quantitative estimate of drug-likeness (QED) is 0.572. The second-order valence-electron chi connectivity index (χ2n) is 2.27. The minimum atomic E-state index is -0.701. The Balaban J connectivity index is 3.11. The van der Waals surface area contributed by atoms with Crippen LogP contribution in [0.15, 0.2) is 24.3 Å². The highest BCUT2D eigenvalue weighted by Crippen LogP contribution is 2.04. The van der Waals surface area contributed by atoms with Gasteiger partial charge in [-0.05, 0) is 12.1 Å². The van der Waals surface area contributed by atoms with Gasteiger partial charge in [0.1, 0.15) is 6.07 Å². The average molecular weight is 170 g/mol. The second kappa shape index (κ2) is 3.94. The molecule has 1 amide bonds. The number of nitrogens with zero attached hydrogens (tertiary/aromatic N) is 1. The number of carbonyl (C=O) groups excluding carboxylic acids is 1. The van der Waals surface area contributed by atoms with E-state index < -0.39 is 5.91 Å². The third kappa shape index (κ3) is 2.36. The van der Waals surface area contributed by atoms with Crippen LogP contribution in [0.5, 0.6) is 0 Å². The molecule has 0 aromatic heterocycles. The highest BCUT2D eigenvalue weighted by atomic mass is 16.1. The van der Waals surface area contributed by atoms with Crippen molar-refractivity contribution < 1.29 is 4.79 Å². The van der Waals surface area contributed by atoms with Gasteiger partial charge in [0, 0.05) is 11.5 Å². The Morgan fingerprint density at radius 2 is 1.92 bits per heavy atom. The maximum Gasteiger partial charge on any atom is 0.293 e. The number of amides is 1. The summed E-state index contributed by atoms with van der Waals surface area (Å²) in [6.45, 7) is 0. The fraction of sp³-hybridized carbons (Fsp3) is 0. The summed E-state index contributed by atoms with van der Waals surface area (Å²) in [6, 6.07) is 8.73. The zero-order valence-corrected chi connectivity index (χ0v) is 6.74. The van der Waals surface area contributed by atoms with Crippen molar-refractivity contribution in [3.63, 3.8) is 0 Å². The van der Waals surface area contributed by atoms with Gasteiger partial charge < -0.3 is 5.73 Å². The number of benzene rings is 1. The molecule has 1 aromatic carbocycles. The standard InChI is InChI=1S/C10H6N2O/c11-7-9-4-2-1-3-8(9)5-6-10(12)13/h1-4H,(H2,12,13). The molecular weight excluding hydrogens is 164 g/mol. The van der Waals surface area contributed by atoms with E-state index in [1.54, 1.807) is 24.3 Å². The number of nitriles is 1. The molecule has 0 saturated carbocycles. The molecule has 62 valence electrons. The van der Waals surface area contributed by atoms with Crippen LogP contribution in [0.4, 0.5) is 0 Å². The molecule has 3 heteroatoms. The largest absolute Gasteiger partial charge is 0.359 e. The monoisotopic (exact) mass is 170 g/mol. The molecule has 0 spiro atoms. The van der Waals surface area contributed by atoms with Crippen molar-refractivity contribution in [1.82, 2.24) is 0 Å². The van der Waals surface area contributed by atoms with Gasteiger partial charge in [0.2, 0.25) is 0 Å². The van der Waals surface area contributed by atoms with Gasteiger partial charge >= 0.3 is 0 Å². The minimum Gasteiger partial charge on any atom is -0.359 e.